The molecule has 0 atom stereocenters. The predicted molar refractivity (Wildman–Crippen MR) is 43.0 cm³/mol. The Kier molecular flexibility index (Phi) is 2.39. The van der Waals surface area contributed by atoms with Gasteiger partial charge in [-0.1, -0.05) is 11.6 Å². The van der Waals surface area contributed by atoms with E-state index < -0.39 is 0 Å². The van der Waals surface area contributed by atoms with E-state index in [0.29, 0.717) is 10.9 Å². The summed E-state index contributed by atoms with van der Waals surface area (Å²) < 4.78 is 6.70. The van der Waals surface area contributed by atoms with Crippen molar-refractivity contribution in [3.05, 3.63) is 11.2 Å². The molecule has 0 amide bonds. The number of nitrogens with zero attached hydrogens (tertiary/aromatic N) is 2. The fourth-order valence-electron chi connectivity index (χ4n) is 0.825. The fraction of sp³-hybridized carbons (Fsp3) is 0.571. The highest BCUT2D eigenvalue weighted by Gasteiger charge is 2.11. The Bertz CT molecular complexity index is 245. The molecule has 0 unspecified atom stereocenters. The van der Waals surface area contributed by atoms with Gasteiger partial charge in [-0.15, -0.1) is 0 Å². The number of aromatic nitrogens is 2. The molecular weight excluding hydrogens is 164 g/mol. The van der Waals surface area contributed by atoms with Crippen LogP contribution in [0.3, 0.4) is 0 Å². The molecular formula is C7H10ClN2O. The maximum absolute atomic E-state index is 5.73. The monoisotopic (exact) mass is 173 g/mol. The molecule has 0 saturated heterocycles. The standard InChI is InChI=1S/C7H10ClN2O/c1-5(2)10-7(11-3)6(8)4-9-10/h5H,1-3H3. The number of halogens is 1. The molecule has 0 fully saturated rings. The lowest BCUT2D eigenvalue weighted by atomic mass is 10.4. The summed E-state index contributed by atoms with van der Waals surface area (Å²) in [7, 11) is 1.57. The Morgan fingerprint density at radius 1 is 1.64 bits per heavy atom. The van der Waals surface area contributed by atoms with Crippen molar-refractivity contribution in [3.8, 4) is 5.88 Å². The Labute approximate surface area is 70.9 Å². The van der Waals surface area contributed by atoms with Crippen molar-refractivity contribution in [2.45, 2.75) is 19.9 Å². The molecule has 4 heteroatoms. The summed E-state index contributed by atoms with van der Waals surface area (Å²) in [5.41, 5.74) is 0. The van der Waals surface area contributed by atoms with Crippen LogP contribution in [-0.4, -0.2) is 16.9 Å². The van der Waals surface area contributed by atoms with E-state index >= 15 is 0 Å². The highest BCUT2D eigenvalue weighted by molar-refractivity contribution is 6.31. The molecule has 0 bridgehead atoms. The van der Waals surface area contributed by atoms with Gasteiger partial charge in [0.15, 0.2) is 0 Å². The van der Waals surface area contributed by atoms with Gasteiger partial charge in [-0.05, 0) is 13.8 Å². The van der Waals surface area contributed by atoms with Crippen LogP contribution in [0, 0.1) is 6.20 Å². The number of hydrogen-bond donors (Lipinski definition) is 0. The quantitative estimate of drug-likeness (QED) is 0.684. The van der Waals surface area contributed by atoms with Gasteiger partial charge in [-0.2, -0.15) is 5.10 Å². The van der Waals surface area contributed by atoms with E-state index in [1.54, 1.807) is 11.8 Å². The van der Waals surface area contributed by atoms with Crippen molar-refractivity contribution in [1.82, 2.24) is 9.78 Å². The lowest BCUT2D eigenvalue weighted by molar-refractivity contribution is 0.345. The van der Waals surface area contributed by atoms with Crippen LogP contribution in [0.2, 0.25) is 5.02 Å². The molecule has 1 aromatic rings. The first-order chi connectivity index (χ1) is 5.16. The largest absolute Gasteiger partial charge is 0.480 e. The summed E-state index contributed by atoms with van der Waals surface area (Å²) in [5.74, 6) is 0.571. The molecule has 0 saturated carbocycles. The van der Waals surface area contributed by atoms with Crippen LogP contribution in [0.25, 0.3) is 0 Å². The van der Waals surface area contributed by atoms with Crippen molar-refractivity contribution in [3.63, 3.8) is 0 Å². The number of rotatable bonds is 2. The Morgan fingerprint density at radius 3 is 2.64 bits per heavy atom. The maximum Gasteiger partial charge on any atom is 0.231 e. The van der Waals surface area contributed by atoms with Gasteiger partial charge >= 0.3 is 0 Å². The van der Waals surface area contributed by atoms with Gasteiger partial charge in [0.25, 0.3) is 0 Å². The summed E-state index contributed by atoms with van der Waals surface area (Å²) in [6.45, 7) is 4.00. The minimum atomic E-state index is 0.244. The average molecular weight is 174 g/mol. The van der Waals surface area contributed by atoms with Crippen molar-refractivity contribution in [2.24, 2.45) is 0 Å². The first-order valence-electron chi connectivity index (χ1n) is 3.36. The molecule has 1 aromatic heterocycles. The van der Waals surface area contributed by atoms with E-state index in [2.05, 4.69) is 11.3 Å². The molecule has 11 heavy (non-hydrogen) atoms. The van der Waals surface area contributed by atoms with E-state index in [1.165, 1.54) is 0 Å². The van der Waals surface area contributed by atoms with Crippen LogP contribution >= 0.6 is 11.6 Å². The molecule has 0 N–H and O–H groups in total. The fourth-order valence-corrected chi connectivity index (χ4v) is 1.03. The zero-order chi connectivity index (χ0) is 8.43. The molecule has 0 aliphatic rings. The zero-order valence-corrected chi connectivity index (χ0v) is 7.51. The molecule has 3 nitrogen and oxygen atoms in total. The molecule has 0 aromatic carbocycles. The second-order valence-corrected chi connectivity index (χ2v) is 2.85. The van der Waals surface area contributed by atoms with E-state index in [-0.39, 0.29) is 6.04 Å². The topological polar surface area (TPSA) is 27.1 Å². The normalized spacial score (nSPS) is 10.6. The third-order valence-electron chi connectivity index (χ3n) is 1.33. The summed E-state index contributed by atoms with van der Waals surface area (Å²) >= 11 is 5.73. The van der Waals surface area contributed by atoms with Gasteiger partial charge < -0.3 is 4.74 Å². The van der Waals surface area contributed by atoms with Gasteiger partial charge in [-0.25, -0.2) is 4.68 Å². The molecule has 1 radical (unpaired) electrons. The summed E-state index contributed by atoms with van der Waals surface area (Å²) in [6, 6.07) is 0.244. The van der Waals surface area contributed by atoms with E-state index in [9.17, 15) is 0 Å². The Balaban J connectivity index is 3.05. The van der Waals surface area contributed by atoms with Crippen molar-refractivity contribution in [2.75, 3.05) is 7.11 Å². The first kappa shape index (κ1) is 8.40. The highest BCUT2D eigenvalue weighted by Crippen LogP contribution is 2.25. The van der Waals surface area contributed by atoms with E-state index in [1.807, 2.05) is 13.8 Å². The Hall–Kier alpha value is -0.700. The van der Waals surface area contributed by atoms with Crippen molar-refractivity contribution >= 4 is 11.6 Å². The zero-order valence-electron chi connectivity index (χ0n) is 6.76. The number of ether oxygens (including phenoxy) is 1. The molecule has 1 heterocycles. The van der Waals surface area contributed by atoms with Gasteiger partial charge in [0.05, 0.1) is 13.2 Å². The predicted octanol–water partition coefficient (Wildman–Crippen LogP) is 1.93. The second kappa shape index (κ2) is 3.13. The smallest absolute Gasteiger partial charge is 0.231 e. The van der Waals surface area contributed by atoms with Crippen LogP contribution in [0.4, 0.5) is 0 Å². The SMILES string of the molecule is COc1c(Cl)[c]nn1C(C)C. The van der Waals surface area contributed by atoms with E-state index in [4.69, 9.17) is 16.3 Å². The molecule has 0 spiro atoms. The highest BCUT2D eigenvalue weighted by atomic mass is 35.5. The third-order valence-corrected chi connectivity index (χ3v) is 1.58. The molecule has 61 valence electrons. The van der Waals surface area contributed by atoms with Crippen molar-refractivity contribution in [1.29, 1.82) is 0 Å². The minimum Gasteiger partial charge on any atom is -0.480 e. The lowest BCUT2D eigenvalue weighted by Crippen LogP contribution is -2.04. The van der Waals surface area contributed by atoms with Gasteiger partial charge in [-0.3, -0.25) is 0 Å². The van der Waals surface area contributed by atoms with Gasteiger partial charge in [0.2, 0.25) is 5.88 Å². The van der Waals surface area contributed by atoms with Gasteiger partial charge in [0, 0.05) is 0 Å². The minimum absolute atomic E-state index is 0.244. The van der Waals surface area contributed by atoms with Crippen LogP contribution < -0.4 is 4.74 Å². The van der Waals surface area contributed by atoms with E-state index in [0.717, 1.165) is 0 Å². The first-order valence-corrected chi connectivity index (χ1v) is 3.74. The number of hydrogen-bond acceptors (Lipinski definition) is 2. The second-order valence-electron chi connectivity index (χ2n) is 2.47. The van der Waals surface area contributed by atoms with Crippen LogP contribution in [0.15, 0.2) is 0 Å². The third kappa shape index (κ3) is 1.48. The summed E-state index contributed by atoms with van der Waals surface area (Å²) in [6.07, 6.45) is 2.62. The molecule has 0 aliphatic carbocycles. The van der Waals surface area contributed by atoms with Crippen LogP contribution in [-0.2, 0) is 0 Å². The number of methoxy groups -OCH3 is 1. The van der Waals surface area contributed by atoms with Gasteiger partial charge in [0.1, 0.15) is 11.2 Å². The van der Waals surface area contributed by atoms with Crippen LogP contribution in [0.5, 0.6) is 5.88 Å². The molecule has 1 rings (SSSR count). The van der Waals surface area contributed by atoms with Crippen molar-refractivity contribution < 1.29 is 4.74 Å². The maximum atomic E-state index is 5.73. The summed E-state index contributed by atoms with van der Waals surface area (Å²) in [4.78, 5) is 0. The molecule has 0 aliphatic heterocycles. The summed E-state index contributed by atoms with van der Waals surface area (Å²) in [5, 5.41) is 4.35. The average Bonchev–Trinajstić information content (AvgIpc) is 2.30. The van der Waals surface area contributed by atoms with Crippen LogP contribution in [0.1, 0.15) is 19.9 Å². The lowest BCUT2D eigenvalue weighted by Gasteiger charge is -2.08. The Morgan fingerprint density at radius 2 is 2.27 bits per heavy atom.